The molecule has 0 saturated heterocycles. The van der Waals surface area contributed by atoms with Crippen molar-refractivity contribution in [2.24, 2.45) is 0 Å². The number of carbonyl (C=O) groups is 3. The second-order valence-electron chi connectivity index (χ2n) is 5.81. The third-order valence-corrected chi connectivity index (χ3v) is 5.37. The van der Waals surface area contributed by atoms with Gasteiger partial charge in [0.05, 0.1) is 18.0 Å². The molecule has 3 rings (SSSR count). The molecule has 29 heavy (non-hydrogen) atoms. The van der Waals surface area contributed by atoms with Crippen LogP contribution in [0.5, 0.6) is 0 Å². The average Bonchev–Trinajstić information content (AvgIpc) is 3.36. The Morgan fingerprint density at radius 3 is 2.83 bits per heavy atom. The molecule has 150 valence electrons. The highest BCUT2D eigenvalue weighted by molar-refractivity contribution is 7.99. The molecule has 2 heterocycles. The number of hydrogen-bond acceptors (Lipinski definition) is 7. The van der Waals surface area contributed by atoms with Crippen LogP contribution in [-0.4, -0.2) is 38.4 Å². The average molecular weight is 431 g/mol. The SMILES string of the molecule is CC(=O)Nc1cccc(-n2cnnc2SCC(=O)NC(=O)NCc2cccs2)c1. The summed E-state index contributed by atoms with van der Waals surface area (Å²) in [7, 11) is 0. The van der Waals surface area contributed by atoms with Gasteiger partial charge in [-0.25, -0.2) is 4.79 Å². The Labute approximate surface area is 174 Å². The third-order valence-electron chi connectivity index (χ3n) is 3.55. The van der Waals surface area contributed by atoms with Crippen molar-refractivity contribution in [3.63, 3.8) is 0 Å². The third kappa shape index (κ3) is 6.16. The van der Waals surface area contributed by atoms with E-state index in [2.05, 4.69) is 26.1 Å². The van der Waals surface area contributed by atoms with E-state index in [0.29, 0.717) is 17.4 Å². The van der Waals surface area contributed by atoms with E-state index in [4.69, 9.17) is 0 Å². The van der Waals surface area contributed by atoms with Gasteiger partial charge in [-0.2, -0.15) is 0 Å². The maximum atomic E-state index is 12.0. The zero-order chi connectivity index (χ0) is 20.6. The lowest BCUT2D eigenvalue weighted by Crippen LogP contribution is -2.39. The molecule has 0 fully saturated rings. The van der Waals surface area contributed by atoms with E-state index in [0.717, 1.165) is 22.3 Å². The smallest absolute Gasteiger partial charge is 0.321 e. The molecular weight excluding hydrogens is 412 g/mol. The van der Waals surface area contributed by atoms with Crippen LogP contribution >= 0.6 is 23.1 Å². The van der Waals surface area contributed by atoms with E-state index < -0.39 is 11.9 Å². The molecule has 0 aliphatic rings. The first-order valence-electron chi connectivity index (χ1n) is 8.52. The molecule has 2 aromatic heterocycles. The number of aromatic nitrogens is 3. The number of imide groups is 1. The van der Waals surface area contributed by atoms with E-state index in [1.807, 2.05) is 23.6 Å². The highest BCUT2D eigenvalue weighted by Crippen LogP contribution is 2.21. The second-order valence-corrected chi connectivity index (χ2v) is 7.79. The summed E-state index contributed by atoms with van der Waals surface area (Å²) in [6.07, 6.45) is 1.51. The Bertz CT molecular complexity index is 1000. The molecule has 11 heteroatoms. The Balaban J connectivity index is 1.54. The van der Waals surface area contributed by atoms with Crippen molar-refractivity contribution in [1.82, 2.24) is 25.4 Å². The van der Waals surface area contributed by atoms with Crippen LogP contribution in [-0.2, 0) is 16.1 Å². The predicted molar refractivity (Wildman–Crippen MR) is 111 cm³/mol. The van der Waals surface area contributed by atoms with Crippen LogP contribution in [0.2, 0.25) is 0 Å². The Hall–Kier alpha value is -3.18. The van der Waals surface area contributed by atoms with Gasteiger partial charge in [0.15, 0.2) is 5.16 Å². The number of amides is 4. The largest absolute Gasteiger partial charge is 0.333 e. The lowest BCUT2D eigenvalue weighted by atomic mass is 10.2. The summed E-state index contributed by atoms with van der Waals surface area (Å²) >= 11 is 2.67. The molecule has 3 aromatic rings. The van der Waals surface area contributed by atoms with Crippen molar-refractivity contribution in [2.75, 3.05) is 11.1 Å². The summed E-state index contributed by atoms with van der Waals surface area (Å²) in [6.45, 7) is 1.80. The Morgan fingerprint density at radius 2 is 2.07 bits per heavy atom. The zero-order valence-electron chi connectivity index (χ0n) is 15.4. The molecule has 0 atom stereocenters. The summed E-state index contributed by atoms with van der Waals surface area (Å²) in [6, 6.07) is 10.4. The molecule has 0 saturated carbocycles. The number of nitrogens with zero attached hydrogens (tertiary/aromatic N) is 3. The van der Waals surface area contributed by atoms with Crippen molar-refractivity contribution >= 4 is 46.6 Å². The number of nitrogens with one attached hydrogen (secondary N) is 3. The molecular formula is C18H18N6O3S2. The van der Waals surface area contributed by atoms with Gasteiger partial charge in [-0.1, -0.05) is 23.9 Å². The van der Waals surface area contributed by atoms with Gasteiger partial charge in [-0.15, -0.1) is 21.5 Å². The number of carbonyl (C=O) groups excluding carboxylic acids is 3. The summed E-state index contributed by atoms with van der Waals surface area (Å²) in [5.41, 5.74) is 1.37. The fraction of sp³-hybridized carbons (Fsp3) is 0.167. The second kappa shape index (κ2) is 9.85. The first-order valence-corrected chi connectivity index (χ1v) is 10.4. The lowest BCUT2D eigenvalue weighted by molar-refractivity contribution is -0.117. The van der Waals surface area contributed by atoms with Crippen molar-refractivity contribution in [3.05, 3.63) is 53.0 Å². The molecule has 1 aromatic carbocycles. The summed E-state index contributed by atoms with van der Waals surface area (Å²) in [5.74, 6) is -0.619. The van der Waals surface area contributed by atoms with E-state index in [1.54, 1.807) is 22.8 Å². The van der Waals surface area contributed by atoms with Gasteiger partial charge in [0.1, 0.15) is 6.33 Å². The molecule has 0 unspecified atom stereocenters. The first-order chi connectivity index (χ1) is 14.0. The van der Waals surface area contributed by atoms with E-state index in [1.165, 1.54) is 24.6 Å². The van der Waals surface area contributed by atoms with Crippen LogP contribution in [0.4, 0.5) is 10.5 Å². The van der Waals surface area contributed by atoms with Crippen molar-refractivity contribution in [2.45, 2.75) is 18.6 Å². The Morgan fingerprint density at radius 1 is 1.21 bits per heavy atom. The fourth-order valence-corrected chi connectivity index (χ4v) is 3.73. The van der Waals surface area contributed by atoms with Crippen LogP contribution in [0.3, 0.4) is 0 Å². The predicted octanol–water partition coefficient (Wildman–Crippen LogP) is 2.41. The van der Waals surface area contributed by atoms with Gasteiger partial charge < -0.3 is 10.6 Å². The van der Waals surface area contributed by atoms with Gasteiger partial charge >= 0.3 is 6.03 Å². The van der Waals surface area contributed by atoms with Gasteiger partial charge in [-0.05, 0) is 29.6 Å². The normalized spacial score (nSPS) is 10.4. The van der Waals surface area contributed by atoms with Crippen LogP contribution in [0.25, 0.3) is 5.69 Å². The highest BCUT2D eigenvalue weighted by Gasteiger charge is 2.13. The molecule has 0 bridgehead atoms. The van der Waals surface area contributed by atoms with Gasteiger partial charge in [-0.3, -0.25) is 19.5 Å². The number of thiophene rings is 1. The van der Waals surface area contributed by atoms with Crippen molar-refractivity contribution in [3.8, 4) is 5.69 Å². The molecule has 0 aliphatic carbocycles. The van der Waals surface area contributed by atoms with Crippen molar-refractivity contribution < 1.29 is 14.4 Å². The van der Waals surface area contributed by atoms with E-state index in [-0.39, 0.29) is 11.7 Å². The van der Waals surface area contributed by atoms with E-state index >= 15 is 0 Å². The van der Waals surface area contributed by atoms with E-state index in [9.17, 15) is 14.4 Å². The lowest BCUT2D eigenvalue weighted by Gasteiger charge is -2.09. The molecule has 0 aliphatic heterocycles. The molecule has 0 radical (unpaired) electrons. The van der Waals surface area contributed by atoms with Crippen LogP contribution < -0.4 is 16.0 Å². The molecule has 9 nitrogen and oxygen atoms in total. The number of hydrogen-bond donors (Lipinski definition) is 3. The summed E-state index contributed by atoms with van der Waals surface area (Å²) < 4.78 is 1.69. The minimum Gasteiger partial charge on any atom is -0.333 e. The maximum absolute atomic E-state index is 12.0. The number of urea groups is 1. The van der Waals surface area contributed by atoms with Crippen LogP contribution in [0, 0.1) is 0 Å². The van der Waals surface area contributed by atoms with Gasteiger partial charge in [0.25, 0.3) is 0 Å². The minimum absolute atomic E-state index is 0.00347. The van der Waals surface area contributed by atoms with Crippen molar-refractivity contribution in [1.29, 1.82) is 0 Å². The standard InChI is InChI=1S/C18H18N6O3S2/c1-12(25)21-13-4-2-5-14(8-13)24-11-20-23-18(24)29-10-16(26)22-17(27)19-9-15-6-3-7-28-15/h2-8,11H,9-10H2,1H3,(H,21,25)(H2,19,22,26,27). The number of thioether (sulfide) groups is 1. The summed E-state index contributed by atoms with van der Waals surface area (Å²) in [4.78, 5) is 36.1. The number of anilines is 1. The minimum atomic E-state index is -0.548. The highest BCUT2D eigenvalue weighted by atomic mass is 32.2. The zero-order valence-corrected chi connectivity index (χ0v) is 17.0. The molecule has 0 spiro atoms. The van der Waals surface area contributed by atoms with Crippen LogP contribution in [0.1, 0.15) is 11.8 Å². The molecule has 3 N–H and O–H groups in total. The fourth-order valence-electron chi connectivity index (χ4n) is 2.35. The maximum Gasteiger partial charge on any atom is 0.321 e. The number of benzene rings is 1. The topological polar surface area (TPSA) is 118 Å². The monoisotopic (exact) mass is 430 g/mol. The molecule has 4 amide bonds. The summed E-state index contributed by atoms with van der Waals surface area (Å²) in [5, 5.41) is 17.9. The quantitative estimate of drug-likeness (QED) is 0.496. The van der Waals surface area contributed by atoms with Gasteiger partial charge in [0, 0.05) is 17.5 Å². The number of rotatable bonds is 7. The van der Waals surface area contributed by atoms with Crippen LogP contribution in [0.15, 0.2) is 53.3 Å². The van der Waals surface area contributed by atoms with Gasteiger partial charge in [0.2, 0.25) is 11.8 Å². The first kappa shape index (κ1) is 20.6. The Kier molecular flexibility index (Phi) is 6.98.